The number of rotatable bonds is 18. The minimum absolute atomic E-state index is 0.465. The Morgan fingerprint density at radius 2 is 1.03 bits per heavy atom. The molecule has 0 bridgehead atoms. The lowest BCUT2D eigenvalue weighted by molar-refractivity contribution is 0.506. The zero-order valence-electron chi connectivity index (χ0n) is 21.4. The Kier molecular flexibility index (Phi) is 20.2. The summed E-state index contributed by atoms with van der Waals surface area (Å²) in [5.41, 5.74) is 2.78. The van der Waals surface area contributed by atoms with Crippen LogP contribution in [0.5, 0.6) is 5.75 Å². The molecule has 0 radical (unpaired) electrons. The summed E-state index contributed by atoms with van der Waals surface area (Å²) in [6.45, 7) is 4.54. The number of benzene rings is 2. The predicted octanol–water partition coefficient (Wildman–Crippen LogP) is 9.84. The molecule has 2 nitrogen and oxygen atoms in total. The summed E-state index contributed by atoms with van der Waals surface area (Å²) in [4.78, 5) is 9.25. The van der Waals surface area contributed by atoms with Gasteiger partial charge in [0.2, 0.25) is 9.03 Å². The van der Waals surface area contributed by atoms with Crippen molar-refractivity contribution in [2.45, 2.75) is 117 Å². The fourth-order valence-corrected chi connectivity index (χ4v) is 4.48. The summed E-state index contributed by atoms with van der Waals surface area (Å²) >= 11 is 0. The van der Waals surface area contributed by atoms with Gasteiger partial charge in [-0.05, 0) is 42.9 Å². The van der Waals surface area contributed by atoms with Gasteiger partial charge in [0.1, 0.15) is 5.75 Å². The van der Waals surface area contributed by atoms with E-state index in [0.717, 1.165) is 18.6 Å². The van der Waals surface area contributed by atoms with Crippen molar-refractivity contribution in [2.75, 3.05) is 0 Å². The Bertz CT molecular complexity index is 633. The van der Waals surface area contributed by atoms with Crippen LogP contribution in [-0.2, 0) is 12.8 Å². The van der Waals surface area contributed by atoms with E-state index in [9.17, 15) is 4.89 Å². The molecule has 186 valence electrons. The van der Waals surface area contributed by atoms with E-state index in [-0.39, 0.29) is 0 Å². The van der Waals surface area contributed by atoms with E-state index >= 15 is 0 Å². The van der Waals surface area contributed by atoms with E-state index in [0.29, 0.717) is 0 Å². The van der Waals surface area contributed by atoms with Gasteiger partial charge in [0.25, 0.3) is 0 Å². The lowest BCUT2D eigenvalue weighted by atomic mass is 9.95. The minimum Gasteiger partial charge on any atom is -0.450 e. The fourth-order valence-electron chi connectivity index (χ4n) is 4.19. The SMILES string of the molecule is CCCCCCCCCc1cccc(OPO)c1CCCCCCCCC.c1ccccc1. The predicted molar refractivity (Wildman–Crippen MR) is 147 cm³/mol. The molecule has 0 spiro atoms. The van der Waals surface area contributed by atoms with Crippen LogP contribution in [-0.4, -0.2) is 4.89 Å². The average molecular weight is 473 g/mol. The highest BCUT2D eigenvalue weighted by Crippen LogP contribution is 2.29. The molecule has 1 unspecified atom stereocenters. The molecule has 0 heterocycles. The van der Waals surface area contributed by atoms with Crippen molar-refractivity contribution in [1.29, 1.82) is 0 Å². The smallest absolute Gasteiger partial charge is 0.212 e. The van der Waals surface area contributed by atoms with Crippen molar-refractivity contribution in [3.63, 3.8) is 0 Å². The second kappa shape index (κ2) is 22.4. The minimum atomic E-state index is -0.465. The Balaban J connectivity index is 0.000000779. The van der Waals surface area contributed by atoms with E-state index in [4.69, 9.17) is 4.52 Å². The molecule has 2 rings (SSSR count). The van der Waals surface area contributed by atoms with Crippen LogP contribution in [0.1, 0.15) is 115 Å². The van der Waals surface area contributed by atoms with Crippen molar-refractivity contribution in [3.05, 3.63) is 65.7 Å². The zero-order valence-corrected chi connectivity index (χ0v) is 22.4. The second-order valence-corrected chi connectivity index (χ2v) is 9.37. The van der Waals surface area contributed by atoms with Crippen LogP contribution in [0.25, 0.3) is 0 Å². The molecule has 2 aromatic carbocycles. The first-order chi connectivity index (χ1) is 16.3. The molecule has 3 heteroatoms. The first-order valence-electron chi connectivity index (χ1n) is 13.5. The highest BCUT2D eigenvalue weighted by Gasteiger charge is 2.10. The van der Waals surface area contributed by atoms with Crippen LogP contribution in [0.3, 0.4) is 0 Å². The molecule has 0 aromatic heterocycles. The molecule has 0 fully saturated rings. The molecule has 0 saturated heterocycles. The summed E-state index contributed by atoms with van der Waals surface area (Å²) in [6.07, 6.45) is 21.0. The van der Waals surface area contributed by atoms with Gasteiger partial charge in [-0.15, -0.1) is 0 Å². The third-order valence-electron chi connectivity index (χ3n) is 6.13. The van der Waals surface area contributed by atoms with Crippen LogP contribution >= 0.6 is 9.03 Å². The standard InChI is InChI=1S/C24H43O2P.C6H6/c1-3-5-7-9-11-13-15-18-22-19-17-21-24(26-27-25)23(22)20-16-14-12-10-8-6-4-2;1-2-4-6-5-3-1/h17,19,21,25,27H,3-16,18,20H2,1-2H3;1-6H. The maximum atomic E-state index is 9.25. The Hall–Kier alpha value is -1.37. The highest BCUT2D eigenvalue weighted by atomic mass is 31.1. The van der Waals surface area contributed by atoms with Gasteiger partial charge in [0.15, 0.2) is 0 Å². The van der Waals surface area contributed by atoms with Crippen molar-refractivity contribution in [3.8, 4) is 5.75 Å². The van der Waals surface area contributed by atoms with Crippen molar-refractivity contribution in [2.24, 2.45) is 0 Å². The summed E-state index contributed by atoms with van der Waals surface area (Å²) in [5, 5.41) is 0. The molecule has 0 amide bonds. The lowest BCUT2D eigenvalue weighted by Gasteiger charge is -2.14. The van der Waals surface area contributed by atoms with Crippen molar-refractivity contribution in [1.82, 2.24) is 0 Å². The van der Waals surface area contributed by atoms with Gasteiger partial charge in [-0.1, -0.05) is 139 Å². The monoisotopic (exact) mass is 472 g/mol. The van der Waals surface area contributed by atoms with Crippen LogP contribution in [0.15, 0.2) is 54.6 Å². The van der Waals surface area contributed by atoms with Gasteiger partial charge in [0.05, 0.1) is 0 Å². The quantitative estimate of drug-likeness (QED) is 0.173. The zero-order chi connectivity index (χ0) is 23.8. The first kappa shape index (κ1) is 29.7. The Morgan fingerprint density at radius 1 is 0.576 bits per heavy atom. The molecule has 1 N–H and O–H groups in total. The number of aryl methyl sites for hydroxylation is 1. The van der Waals surface area contributed by atoms with E-state index < -0.39 is 9.03 Å². The van der Waals surface area contributed by atoms with Crippen molar-refractivity contribution < 1.29 is 9.42 Å². The van der Waals surface area contributed by atoms with Crippen molar-refractivity contribution >= 4 is 9.03 Å². The third kappa shape index (κ3) is 16.0. The van der Waals surface area contributed by atoms with Gasteiger partial charge in [-0.2, -0.15) is 0 Å². The number of hydrogen-bond donors (Lipinski definition) is 1. The summed E-state index contributed by atoms with van der Waals surface area (Å²) in [7, 11) is -0.465. The van der Waals surface area contributed by atoms with Crippen LogP contribution < -0.4 is 4.52 Å². The summed E-state index contributed by atoms with van der Waals surface area (Å²) in [6, 6.07) is 18.4. The van der Waals surface area contributed by atoms with E-state index in [1.165, 1.54) is 101 Å². The molecule has 0 aliphatic carbocycles. The van der Waals surface area contributed by atoms with Gasteiger partial charge in [0, 0.05) is 0 Å². The molecule has 1 atom stereocenters. The summed E-state index contributed by atoms with van der Waals surface area (Å²) < 4.78 is 5.54. The molecule has 0 aliphatic rings. The second-order valence-electron chi connectivity index (χ2n) is 8.98. The lowest BCUT2D eigenvalue weighted by Crippen LogP contribution is -1.98. The number of unbranched alkanes of at least 4 members (excludes halogenated alkanes) is 12. The van der Waals surface area contributed by atoms with Crippen LogP contribution in [0.4, 0.5) is 0 Å². The molecule has 2 aromatic rings. The van der Waals surface area contributed by atoms with Gasteiger partial charge < -0.3 is 9.42 Å². The van der Waals surface area contributed by atoms with Gasteiger partial charge in [-0.25, -0.2) is 0 Å². The van der Waals surface area contributed by atoms with Crippen LogP contribution in [0, 0.1) is 0 Å². The van der Waals surface area contributed by atoms with Gasteiger partial charge in [-0.3, -0.25) is 0 Å². The maximum Gasteiger partial charge on any atom is 0.212 e. The Labute approximate surface area is 206 Å². The number of hydrogen-bond acceptors (Lipinski definition) is 2. The normalized spacial score (nSPS) is 10.9. The highest BCUT2D eigenvalue weighted by molar-refractivity contribution is 7.25. The largest absolute Gasteiger partial charge is 0.450 e. The fraction of sp³-hybridized carbons (Fsp3) is 0.600. The molecular formula is C30H49O2P. The topological polar surface area (TPSA) is 29.5 Å². The molecule has 0 aliphatic heterocycles. The molecule has 0 saturated carbocycles. The van der Waals surface area contributed by atoms with E-state index in [1.54, 1.807) is 0 Å². The summed E-state index contributed by atoms with van der Waals surface area (Å²) in [5.74, 6) is 0.905. The van der Waals surface area contributed by atoms with E-state index in [2.05, 4.69) is 26.0 Å². The average Bonchev–Trinajstić information content (AvgIpc) is 2.85. The maximum absolute atomic E-state index is 9.25. The van der Waals surface area contributed by atoms with Crippen LogP contribution in [0.2, 0.25) is 0 Å². The van der Waals surface area contributed by atoms with E-state index in [1.807, 2.05) is 42.5 Å². The molecular weight excluding hydrogens is 423 g/mol. The molecule has 33 heavy (non-hydrogen) atoms. The Morgan fingerprint density at radius 3 is 1.52 bits per heavy atom. The first-order valence-corrected chi connectivity index (χ1v) is 14.4. The third-order valence-corrected chi connectivity index (χ3v) is 6.44. The van der Waals surface area contributed by atoms with Gasteiger partial charge >= 0.3 is 0 Å².